The lowest BCUT2D eigenvalue weighted by atomic mass is 10.3. The standard InChI is InChI=1S/C16H35NO4Si2/c1-6-8-12-23(4,5)21-22(3)11-9-10-20-14-15(18)13-17-16(19)7-2/h7,15,18,22H,2,6,8-14H2,1,3-5H3,(H,17,19). The molecule has 0 radical (unpaired) electrons. The Morgan fingerprint density at radius 3 is 2.74 bits per heavy atom. The molecule has 1 amide bonds. The molecule has 2 unspecified atom stereocenters. The van der Waals surface area contributed by atoms with Gasteiger partial charge < -0.3 is 19.3 Å². The van der Waals surface area contributed by atoms with Crippen molar-refractivity contribution in [2.75, 3.05) is 19.8 Å². The Kier molecular flexibility index (Phi) is 12.6. The molecule has 23 heavy (non-hydrogen) atoms. The van der Waals surface area contributed by atoms with Crippen LogP contribution in [-0.2, 0) is 13.6 Å². The number of carbonyl (C=O) groups is 1. The van der Waals surface area contributed by atoms with Gasteiger partial charge in [-0.15, -0.1) is 0 Å². The predicted molar refractivity (Wildman–Crippen MR) is 101 cm³/mol. The van der Waals surface area contributed by atoms with Crippen LogP contribution in [0.2, 0.25) is 31.7 Å². The second-order valence-electron chi connectivity index (χ2n) is 6.61. The van der Waals surface area contributed by atoms with Crippen molar-refractivity contribution in [3.63, 3.8) is 0 Å². The van der Waals surface area contributed by atoms with Gasteiger partial charge in [0.15, 0.2) is 17.4 Å². The van der Waals surface area contributed by atoms with Crippen molar-refractivity contribution in [2.45, 2.75) is 64.0 Å². The van der Waals surface area contributed by atoms with E-state index in [1.807, 2.05) is 0 Å². The molecule has 0 rings (SSSR count). The van der Waals surface area contributed by atoms with Gasteiger partial charge >= 0.3 is 0 Å². The number of hydrogen-bond donors (Lipinski definition) is 2. The number of aliphatic hydroxyl groups excluding tert-OH is 1. The van der Waals surface area contributed by atoms with Crippen LogP contribution in [0.1, 0.15) is 26.2 Å². The number of unbranched alkanes of at least 4 members (excludes halogenated alkanes) is 1. The zero-order chi connectivity index (χ0) is 17.7. The van der Waals surface area contributed by atoms with E-state index in [0.29, 0.717) is 6.61 Å². The van der Waals surface area contributed by atoms with Crippen LogP contribution in [0.15, 0.2) is 12.7 Å². The molecule has 0 saturated carbocycles. The van der Waals surface area contributed by atoms with Crippen molar-refractivity contribution < 1.29 is 18.8 Å². The van der Waals surface area contributed by atoms with Gasteiger partial charge in [0.2, 0.25) is 5.91 Å². The fourth-order valence-corrected chi connectivity index (χ4v) is 9.55. The van der Waals surface area contributed by atoms with Gasteiger partial charge in [-0.25, -0.2) is 0 Å². The first-order valence-electron chi connectivity index (χ1n) is 8.64. The van der Waals surface area contributed by atoms with E-state index < -0.39 is 23.5 Å². The van der Waals surface area contributed by atoms with Crippen LogP contribution in [0.3, 0.4) is 0 Å². The summed E-state index contributed by atoms with van der Waals surface area (Å²) in [5.74, 6) is -0.282. The van der Waals surface area contributed by atoms with Crippen LogP contribution < -0.4 is 5.32 Å². The highest BCUT2D eigenvalue weighted by Crippen LogP contribution is 2.17. The lowest BCUT2D eigenvalue weighted by Crippen LogP contribution is -2.36. The Balaban J connectivity index is 3.66. The first-order chi connectivity index (χ1) is 10.8. The van der Waals surface area contributed by atoms with Gasteiger partial charge in [0, 0.05) is 13.2 Å². The van der Waals surface area contributed by atoms with Crippen molar-refractivity contribution in [1.82, 2.24) is 5.32 Å². The van der Waals surface area contributed by atoms with E-state index in [4.69, 9.17) is 8.85 Å². The molecular formula is C16H35NO4Si2. The molecule has 5 nitrogen and oxygen atoms in total. The smallest absolute Gasteiger partial charge is 0.243 e. The van der Waals surface area contributed by atoms with E-state index in [0.717, 1.165) is 12.5 Å². The Bertz CT molecular complexity index is 340. The third-order valence-corrected chi connectivity index (χ3v) is 10.5. The van der Waals surface area contributed by atoms with E-state index in [9.17, 15) is 9.90 Å². The molecule has 0 aromatic rings. The predicted octanol–water partition coefficient (Wildman–Crippen LogP) is 2.43. The summed E-state index contributed by atoms with van der Waals surface area (Å²) in [5, 5.41) is 12.2. The van der Waals surface area contributed by atoms with Gasteiger partial charge in [-0.1, -0.05) is 26.3 Å². The normalized spacial score (nSPS) is 14.3. The monoisotopic (exact) mass is 361 g/mol. The average Bonchev–Trinajstić information content (AvgIpc) is 2.49. The maximum Gasteiger partial charge on any atom is 0.243 e. The van der Waals surface area contributed by atoms with E-state index in [1.54, 1.807) is 0 Å². The molecule has 0 heterocycles. The molecule has 0 saturated heterocycles. The van der Waals surface area contributed by atoms with Gasteiger partial charge in [0.25, 0.3) is 0 Å². The molecule has 2 atom stereocenters. The molecule has 0 aromatic heterocycles. The van der Waals surface area contributed by atoms with Gasteiger partial charge in [-0.05, 0) is 44.2 Å². The summed E-state index contributed by atoms with van der Waals surface area (Å²) >= 11 is 0. The average molecular weight is 362 g/mol. The summed E-state index contributed by atoms with van der Waals surface area (Å²) in [5.41, 5.74) is 0. The molecule has 0 aliphatic rings. The molecule has 0 bridgehead atoms. The lowest BCUT2D eigenvalue weighted by Gasteiger charge is -2.27. The zero-order valence-corrected chi connectivity index (χ0v) is 17.4. The van der Waals surface area contributed by atoms with Gasteiger partial charge in [-0.3, -0.25) is 4.79 Å². The van der Waals surface area contributed by atoms with E-state index in [1.165, 1.54) is 25.0 Å². The minimum absolute atomic E-state index is 0.191. The first kappa shape index (κ1) is 22.5. The first-order valence-corrected chi connectivity index (χ1v) is 14.2. The maximum atomic E-state index is 11.0. The summed E-state index contributed by atoms with van der Waals surface area (Å²) < 4.78 is 11.8. The highest BCUT2D eigenvalue weighted by atomic mass is 28.4. The van der Waals surface area contributed by atoms with E-state index in [-0.39, 0.29) is 19.1 Å². The maximum absolute atomic E-state index is 11.0. The fraction of sp³-hybridized carbons (Fsp3) is 0.812. The second-order valence-corrected chi connectivity index (χ2v) is 13.8. The number of nitrogens with one attached hydrogen (secondary N) is 1. The van der Waals surface area contributed by atoms with Crippen LogP contribution in [0.5, 0.6) is 0 Å². The van der Waals surface area contributed by atoms with Gasteiger partial charge in [-0.2, -0.15) is 0 Å². The topological polar surface area (TPSA) is 67.8 Å². The SMILES string of the molecule is C=CC(=O)NCC(O)COCCC[SiH](C)O[Si](C)(C)CCCC. The van der Waals surface area contributed by atoms with Crippen molar-refractivity contribution in [2.24, 2.45) is 0 Å². The van der Waals surface area contributed by atoms with Crippen LogP contribution >= 0.6 is 0 Å². The molecule has 136 valence electrons. The van der Waals surface area contributed by atoms with E-state index in [2.05, 4.69) is 38.5 Å². The highest BCUT2D eigenvalue weighted by Gasteiger charge is 2.24. The van der Waals surface area contributed by atoms with Crippen LogP contribution in [0.4, 0.5) is 0 Å². The summed E-state index contributed by atoms with van der Waals surface area (Å²) in [6.07, 6.45) is 3.98. The summed E-state index contributed by atoms with van der Waals surface area (Å²) in [6.45, 7) is 13.5. The van der Waals surface area contributed by atoms with Crippen LogP contribution in [-0.4, -0.2) is 54.2 Å². The number of hydrogen-bond acceptors (Lipinski definition) is 4. The third kappa shape index (κ3) is 13.6. The largest absolute Gasteiger partial charge is 0.458 e. The Morgan fingerprint density at radius 1 is 1.43 bits per heavy atom. The summed E-state index contributed by atoms with van der Waals surface area (Å²) in [4.78, 5) is 11.0. The molecular weight excluding hydrogens is 326 g/mol. The zero-order valence-electron chi connectivity index (χ0n) is 15.3. The number of carbonyl (C=O) groups excluding carboxylic acids is 1. The molecule has 7 heteroatoms. The number of aliphatic hydroxyl groups is 1. The lowest BCUT2D eigenvalue weighted by molar-refractivity contribution is -0.117. The number of rotatable bonds is 14. The van der Waals surface area contributed by atoms with Gasteiger partial charge in [0.05, 0.1) is 12.7 Å². The Hall–Kier alpha value is -0.476. The highest BCUT2D eigenvalue weighted by molar-refractivity contribution is 6.78. The van der Waals surface area contributed by atoms with Crippen molar-refractivity contribution in [1.29, 1.82) is 0 Å². The van der Waals surface area contributed by atoms with Crippen molar-refractivity contribution >= 4 is 23.3 Å². The number of amides is 1. The molecule has 0 fully saturated rings. The Labute approximate surface area is 144 Å². The summed E-state index contributed by atoms with van der Waals surface area (Å²) in [6, 6.07) is 2.35. The minimum atomic E-state index is -1.47. The molecule has 0 aliphatic heterocycles. The fourth-order valence-electron chi connectivity index (χ4n) is 2.31. The molecule has 0 aromatic carbocycles. The Morgan fingerprint density at radius 2 is 2.13 bits per heavy atom. The summed E-state index contributed by atoms with van der Waals surface area (Å²) in [7, 11) is -2.58. The van der Waals surface area contributed by atoms with Crippen molar-refractivity contribution in [3.05, 3.63) is 12.7 Å². The quantitative estimate of drug-likeness (QED) is 0.283. The van der Waals surface area contributed by atoms with E-state index >= 15 is 0 Å². The van der Waals surface area contributed by atoms with Crippen LogP contribution in [0.25, 0.3) is 0 Å². The second kappa shape index (κ2) is 12.9. The minimum Gasteiger partial charge on any atom is -0.458 e. The van der Waals surface area contributed by atoms with Gasteiger partial charge in [0.1, 0.15) is 0 Å². The molecule has 2 N–H and O–H groups in total. The number of ether oxygens (including phenoxy) is 1. The van der Waals surface area contributed by atoms with Crippen molar-refractivity contribution in [3.8, 4) is 0 Å². The third-order valence-electron chi connectivity index (χ3n) is 3.56. The molecule has 0 spiro atoms. The molecule has 0 aliphatic carbocycles. The van der Waals surface area contributed by atoms with Crippen LogP contribution in [0, 0.1) is 0 Å².